The molecule has 106 valence electrons. The van der Waals surface area contributed by atoms with Crippen LogP contribution < -0.4 is 11.4 Å². The Morgan fingerprint density at radius 3 is 2.85 bits per heavy atom. The van der Waals surface area contributed by atoms with Crippen LogP contribution in [0.5, 0.6) is 0 Å². The highest BCUT2D eigenvalue weighted by Crippen LogP contribution is 2.30. The van der Waals surface area contributed by atoms with Crippen LogP contribution in [0.4, 0.5) is 5.69 Å². The topological polar surface area (TPSA) is 112 Å². The van der Waals surface area contributed by atoms with E-state index in [4.69, 9.17) is 15.4 Å². The zero-order valence-corrected chi connectivity index (χ0v) is 11.2. The van der Waals surface area contributed by atoms with Crippen molar-refractivity contribution in [2.45, 2.75) is 18.2 Å². The van der Waals surface area contributed by atoms with Crippen molar-refractivity contribution in [1.29, 1.82) is 0 Å². The molecule has 0 bridgehead atoms. The van der Waals surface area contributed by atoms with Crippen LogP contribution in [-0.4, -0.2) is 11.0 Å². The number of carbonyl (C=O) groups excluding carboxylic acids is 1. The van der Waals surface area contributed by atoms with Gasteiger partial charge < -0.3 is 10.2 Å². The number of ketones is 1. The Bertz CT molecular complexity index is 711. The molecule has 1 heterocycles. The van der Waals surface area contributed by atoms with Crippen molar-refractivity contribution in [1.82, 2.24) is 0 Å². The number of rotatable bonds is 5. The molecule has 0 saturated heterocycles. The highest BCUT2D eigenvalue weighted by Gasteiger charge is 2.11. The van der Waals surface area contributed by atoms with E-state index in [9.17, 15) is 9.59 Å². The SMILES string of the molecule is CC(=O)Cc1cc2cc(SOOO)c(N)cc2oc1=O. The van der Waals surface area contributed by atoms with E-state index in [1.807, 2.05) is 0 Å². The minimum Gasteiger partial charge on any atom is -0.422 e. The van der Waals surface area contributed by atoms with Gasteiger partial charge in [0.05, 0.1) is 22.6 Å². The molecule has 0 spiro atoms. The van der Waals surface area contributed by atoms with Gasteiger partial charge in [-0.1, -0.05) is 5.04 Å². The third-order valence-electron chi connectivity index (χ3n) is 2.53. The molecule has 0 saturated carbocycles. The Kier molecular flexibility index (Phi) is 4.40. The van der Waals surface area contributed by atoms with Crippen LogP contribution in [0.15, 0.2) is 32.3 Å². The van der Waals surface area contributed by atoms with E-state index in [-0.39, 0.29) is 17.8 Å². The lowest BCUT2D eigenvalue weighted by atomic mass is 10.1. The van der Waals surface area contributed by atoms with E-state index >= 15 is 0 Å². The van der Waals surface area contributed by atoms with Gasteiger partial charge in [-0.2, -0.15) is 0 Å². The summed E-state index contributed by atoms with van der Waals surface area (Å²) >= 11 is 0.702. The number of carbonyl (C=O) groups is 1. The van der Waals surface area contributed by atoms with Gasteiger partial charge in [-0.3, -0.25) is 4.79 Å². The molecule has 2 aromatic rings. The molecule has 0 radical (unpaired) electrons. The maximum Gasteiger partial charge on any atom is 0.339 e. The van der Waals surface area contributed by atoms with Gasteiger partial charge in [0.1, 0.15) is 11.4 Å². The van der Waals surface area contributed by atoms with Crippen LogP contribution in [0.25, 0.3) is 11.0 Å². The largest absolute Gasteiger partial charge is 0.422 e. The molecular formula is C12H11NO6S. The Balaban J connectivity index is 2.51. The van der Waals surface area contributed by atoms with Crippen molar-refractivity contribution in [2.24, 2.45) is 0 Å². The van der Waals surface area contributed by atoms with Crippen molar-refractivity contribution in [3.05, 3.63) is 34.2 Å². The smallest absolute Gasteiger partial charge is 0.339 e. The molecule has 0 aliphatic carbocycles. The van der Waals surface area contributed by atoms with Gasteiger partial charge in [-0.25, -0.2) is 10.1 Å². The maximum absolute atomic E-state index is 11.7. The van der Waals surface area contributed by atoms with E-state index in [0.717, 1.165) is 0 Å². The molecule has 0 atom stereocenters. The maximum atomic E-state index is 11.7. The number of benzene rings is 1. The number of fused-ring (bicyclic) bond motifs is 1. The number of Topliss-reactive ketones (excluding diaryl/α,β-unsaturated/α-hetero) is 1. The van der Waals surface area contributed by atoms with Crippen LogP contribution in [0, 0.1) is 0 Å². The van der Waals surface area contributed by atoms with E-state index in [0.29, 0.717) is 33.6 Å². The third-order valence-corrected chi connectivity index (χ3v) is 3.19. The van der Waals surface area contributed by atoms with Crippen molar-refractivity contribution in [3.8, 4) is 0 Å². The number of nitrogen functional groups attached to an aromatic ring is 1. The van der Waals surface area contributed by atoms with Gasteiger partial charge in [-0.15, -0.1) is 4.33 Å². The van der Waals surface area contributed by atoms with E-state index in [1.54, 1.807) is 12.1 Å². The molecule has 0 unspecified atom stereocenters. The lowest BCUT2D eigenvalue weighted by Crippen LogP contribution is -2.11. The summed E-state index contributed by atoms with van der Waals surface area (Å²) < 4.78 is 9.43. The average Bonchev–Trinajstić information content (AvgIpc) is 2.37. The monoisotopic (exact) mass is 297 g/mol. The summed E-state index contributed by atoms with van der Waals surface area (Å²) in [5.41, 5.74) is 6.04. The lowest BCUT2D eigenvalue weighted by molar-refractivity contribution is -0.432. The second-order valence-corrected chi connectivity index (χ2v) is 4.83. The van der Waals surface area contributed by atoms with Gasteiger partial charge in [0.2, 0.25) is 0 Å². The lowest BCUT2D eigenvalue weighted by Gasteiger charge is -2.06. The van der Waals surface area contributed by atoms with E-state index < -0.39 is 5.63 Å². The number of anilines is 1. The molecule has 7 nitrogen and oxygen atoms in total. The van der Waals surface area contributed by atoms with Crippen molar-refractivity contribution in [3.63, 3.8) is 0 Å². The zero-order valence-electron chi connectivity index (χ0n) is 10.4. The first-order chi connectivity index (χ1) is 9.51. The quantitative estimate of drug-likeness (QED) is 0.283. The Hall–Kier alpha value is -1.87. The summed E-state index contributed by atoms with van der Waals surface area (Å²) in [6.45, 7) is 1.39. The summed E-state index contributed by atoms with van der Waals surface area (Å²) in [6.07, 6.45) is 0.00137. The fourth-order valence-corrected chi connectivity index (χ4v) is 2.15. The molecule has 0 fully saturated rings. The molecule has 0 aliphatic rings. The van der Waals surface area contributed by atoms with Crippen LogP contribution in [0.2, 0.25) is 0 Å². The first-order valence-corrected chi connectivity index (χ1v) is 6.26. The summed E-state index contributed by atoms with van der Waals surface area (Å²) in [4.78, 5) is 23.3. The number of hydrogen-bond acceptors (Lipinski definition) is 8. The molecule has 0 aliphatic heterocycles. The van der Waals surface area contributed by atoms with Gasteiger partial charge in [0, 0.05) is 23.4 Å². The Morgan fingerprint density at radius 1 is 1.45 bits per heavy atom. The zero-order chi connectivity index (χ0) is 14.7. The Morgan fingerprint density at radius 2 is 2.20 bits per heavy atom. The van der Waals surface area contributed by atoms with Gasteiger partial charge in [0.15, 0.2) is 0 Å². The average molecular weight is 297 g/mol. The molecule has 0 amide bonds. The second kappa shape index (κ2) is 6.06. The fourth-order valence-electron chi connectivity index (χ4n) is 1.72. The van der Waals surface area contributed by atoms with Crippen LogP contribution in [0.3, 0.4) is 0 Å². The van der Waals surface area contributed by atoms with Crippen molar-refractivity contribution in [2.75, 3.05) is 5.73 Å². The van der Waals surface area contributed by atoms with Crippen LogP contribution in [-0.2, 0) is 20.6 Å². The standard InChI is InChI=1S/C12H11NO6S/c1-6(14)2-8-3-7-4-11(20-19-18-16)9(13)5-10(7)17-12(8)15/h3-5,16H,2,13H2,1H3. The minimum absolute atomic E-state index is 0.00137. The number of nitrogens with two attached hydrogens (primary N) is 1. The van der Waals surface area contributed by atoms with Gasteiger partial charge in [-0.05, 0) is 19.1 Å². The highest BCUT2D eigenvalue weighted by atomic mass is 32.2. The molecule has 20 heavy (non-hydrogen) atoms. The molecule has 8 heteroatoms. The van der Waals surface area contributed by atoms with Crippen LogP contribution >= 0.6 is 12.0 Å². The normalized spacial score (nSPS) is 10.9. The summed E-state index contributed by atoms with van der Waals surface area (Å²) in [5, 5.41) is 12.2. The van der Waals surface area contributed by atoms with Crippen molar-refractivity contribution >= 4 is 34.5 Å². The summed E-state index contributed by atoms with van der Waals surface area (Å²) in [6, 6.07) is 4.62. The fraction of sp³-hybridized carbons (Fsp3) is 0.167. The second-order valence-electron chi connectivity index (χ2n) is 4.09. The van der Waals surface area contributed by atoms with E-state index in [2.05, 4.69) is 9.37 Å². The molecule has 2 rings (SSSR count). The molecule has 3 N–H and O–H groups in total. The molecule has 1 aromatic heterocycles. The molecular weight excluding hydrogens is 286 g/mol. The number of hydrogen-bond donors (Lipinski definition) is 2. The van der Waals surface area contributed by atoms with Gasteiger partial charge in [0.25, 0.3) is 0 Å². The van der Waals surface area contributed by atoms with Gasteiger partial charge >= 0.3 is 5.63 Å². The summed E-state index contributed by atoms with van der Waals surface area (Å²) in [5.74, 6) is -0.140. The third kappa shape index (κ3) is 3.17. The minimum atomic E-state index is -0.567. The van der Waals surface area contributed by atoms with Crippen LogP contribution in [0.1, 0.15) is 12.5 Å². The highest BCUT2D eigenvalue weighted by molar-refractivity contribution is 7.94. The first kappa shape index (κ1) is 14.5. The predicted octanol–water partition coefficient (Wildman–Crippen LogP) is 1.93. The first-order valence-electron chi connectivity index (χ1n) is 5.51. The predicted molar refractivity (Wildman–Crippen MR) is 71.9 cm³/mol. The van der Waals surface area contributed by atoms with E-state index in [1.165, 1.54) is 13.0 Å². The summed E-state index contributed by atoms with van der Waals surface area (Å²) in [7, 11) is 0. The molecule has 1 aromatic carbocycles. The Labute approximate surface area is 117 Å². The van der Waals surface area contributed by atoms with Crippen molar-refractivity contribution < 1.29 is 23.8 Å².